The topological polar surface area (TPSA) is 68.5 Å². The SMILES string of the molecule is CCCc1nc(NC)cc(-c2c(Br)nnn2C)n1. The molecule has 2 aromatic heterocycles. The first-order valence-corrected chi connectivity index (χ1v) is 6.56. The zero-order chi connectivity index (χ0) is 13.1. The van der Waals surface area contributed by atoms with Crippen LogP contribution in [0.5, 0.6) is 0 Å². The molecular weight excluding hydrogens is 296 g/mol. The average molecular weight is 311 g/mol. The summed E-state index contributed by atoms with van der Waals surface area (Å²) in [6, 6.07) is 1.89. The van der Waals surface area contributed by atoms with Crippen LogP contribution >= 0.6 is 15.9 Å². The normalized spacial score (nSPS) is 10.7. The Balaban J connectivity index is 2.53. The highest BCUT2D eigenvalue weighted by Gasteiger charge is 2.14. The second-order valence-corrected chi connectivity index (χ2v) is 4.66. The van der Waals surface area contributed by atoms with Crippen LogP contribution in [-0.2, 0) is 13.5 Å². The molecule has 0 aliphatic carbocycles. The summed E-state index contributed by atoms with van der Waals surface area (Å²) in [4.78, 5) is 8.98. The van der Waals surface area contributed by atoms with Crippen molar-refractivity contribution in [3.8, 4) is 11.4 Å². The Bertz CT molecular complexity index is 531. The molecule has 1 N–H and O–H groups in total. The Morgan fingerprint density at radius 1 is 1.39 bits per heavy atom. The van der Waals surface area contributed by atoms with Crippen LogP contribution in [0.4, 0.5) is 5.82 Å². The van der Waals surface area contributed by atoms with E-state index in [4.69, 9.17) is 0 Å². The van der Waals surface area contributed by atoms with Gasteiger partial charge in [-0.3, -0.25) is 0 Å². The summed E-state index contributed by atoms with van der Waals surface area (Å²) in [6.07, 6.45) is 1.86. The third kappa shape index (κ3) is 2.50. The quantitative estimate of drug-likeness (QED) is 0.935. The molecule has 0 atom stereocenters. The van der Waals surface area contributed by atoms with Crippen LogP contribution in [0.2, 0.25) is 0 Å². The largest absolute Gasteiger partial charge is 0.373 e. The smallest absolute Gasteiger partial charge is 0.157 e. The van der Waals surface area contributed by atoms with Crippen molar-refractivity contribution >= 4 is 21.7 Å². The van der Waals surface area contributed by atoms with Crippen molar-refractivity contribution in [2.24, 2.45) is 7.05 Å². The average Bonchev–Trinajstić information content (AvgIpc) is 2.69. The number of anilines is 1. The minimum absolute atomic E-state index is 0.688. The van der Waals surface area contributed by atoms with Crippen molar-refractivity contribution in [1.82, 2.24) is 25.0 Å². The summed E-state index contributed by atoms with van der Waals surface area (Å²) in [5, 5.41) is 11.0. The number of aromatic nitrogens is 5. The molecule has 6 nitrogen and oxygen atoms in total. The monoisotopic (exact) mass is 310 g/mol. The number of hydrogen-bond donors (Lipinski definition) is 1. The zero-order valence-electron chi connectivity index (χ0n) is 10.6. The molecule has 0 fully saturated rings. The van der Waals surface area contributed by atoms with Gasteiger partial charge in [0.25, 0.3) is 0 Å². The maximum Gasteiger partial charge on any atom is 0.157 e. The number of nitrogens with zero attached hydrogens (tertiary/aromatic N) is 5. The molecule has 0 aromatic carbocycles. The summed E-state index contributed by atoms with van der Waals surface area (Å²) < 4.78 is 2.38. The van der Waals surface area contributed by atoms with Gasteiger partial charge in [-0.2, -0.15) is 0 Å². The Hall–Kier alpha value is -1.50. The van der Waals surface area contributed by atoms with Crippen LogP contribution in [0, 0.1) is 0 Å². The number of halogens is 1. The van der Waals surface area contributed by atoms with Gasteiger partial charge in [-0.05, 0) is 22.4 Å². The van der Waals surface area contributed by atoms with Crippen LogP contribution in [0.25, 0.3) is 11.4 Å². The first kappa shape index (κ1) is 12.9. The lowest BCUT2D eigenvalue weighted by Crippen LogP contribution is -2.04. The molecule has 7 heteroatoms. The van der Waals surface area contributed by atoms with E-state index in [2.05, 4.69) is 48.5 Å². The summed E-state index contributed by atoms with van der Waals surface area (Å²) in [7, 11) is 3.69. The molecule has 0 unspecified atom stereocenters. The highest BCUT2D eigenvalue weighted by molar-refractivity contribution is 9.10. The molecule has 0 amide bonds. The number of nitrogens with one attached hydrogen (secondary N) is 1. The fourth-order valence-corrected chi connectivity index (χ4v) is 2.22. The lowest BCUT2D eigenvalue weighted by atomic mass is 10.2. The minimum atomic E-state index is 0.688. The Morgan fingerprint density at radius 2 is 2.17 bits per heavy atom. The third-order valence-electron chi connectivity index (χ3n) is 2.53. The summed E-state index contributed by atoms with van der Waals surface area (Å²) in [5.41, 5.74) is 1.67. The second kappa shape index (κ2) is 5.43. The Morgan fingerprint density at radius 3 is 2.72 bits per heavy atom. The maximum atomic E-state index is 4.55. The standard InChI is InChI=1S/C11H15BrN6/c1-4-5-8-14-7(6-9(13-2)15-8)10-11(12)16-17-18(10)3/h6H,4-5H2,1-3H3,(H,13,14,15). The van der Waals surface area contributed by atoms with E-state index in [1.807, 2.05) is 20.2 Å². The van der Waals surface area contributed by atoms with Gasteiger partial charge in [0.1, 0.15) is 17.3 Å². The molecule has 0 bridgehead atoms. The maximum absolute atomic E-state index is 4.55. The van der Waals surface area contributed by atoms with Crippen molar-refractivity contribution < 1.29 is 0 Å². The van der Waals surface area contributed by atoms with Gasteiger partial charge in [-0.1, -0.05) is 12.1 Å². The van der Waals surface area contributed by atoms with Crippen molar-refractivity contribution in [3.05, 3.63) is 16.5 Å². The molecule has 96 valence electrons. The molecule has 0 saturated carbocycles. The van der Waals surface area contributed by atoms with E-state index in [0.717, 1.165) is 35.9 Å². The van der Waals surface area contributed by atoms with Gasteiger partial charge in [0.05, 0.1) is 5.69 Å². The highest BCUT2D eigenvalue weighted by Crippen LogP contribution is 2.25. The van der Waals surface area contributed by atoms with Crippen molar-refractivity contribution in [2.45, 2.75) is 19.8 Å². The highest BCUT2D eigenvalue weighted by atomic mass is 79.9. The molecule has 2 aromatic rings. The van der Waals surface area contributed by atoms with E-state index in [1.54, 1.807) is 4.68 Å². The van der Waals surface area contributed by atoms with Gasteiger partial charge in [0.15, 0.2) is 4.60 Å². The lowest BCUT2D eigenvalue weighted by molar-refractivity contribution is 0.717. The predicted octanol–water partition coefficient (Wildman–Crippen LogP) is 2.03. The van der Waals surface area contributed by atoms with Gasteiger partial charge >= 0.3 is 0 Å². The van der Waals surface area contributed by atoms with Crippen molar-refractivity contribution in [3.63, 3.8) is 0 Å². The van der Waals surface area contributed by atoms with Crippen LogP contribution in [0.1, 0.15) is 19.2 Å². The number of aryl methyl sites for hydroxylation is 2. The van der Waals surface area contributed by atoms with E-state index in [1.165, 1.54) is 0 Å². The molecule has 2 heterocycles. The molecule has 18 heavy (non-hydrogen) atoms. The number of hydrogen-bond acceptors (Lipinski definition) is 5. The molecule has 0 saturated heterocycles. The number of rotatable bonds is 4. The van der Waals surface area contributed by atoms with E-state index < -0.39 is 0 Å². The van der Waals surface area contributed by atoms with Crippen LogP contribution in [0.15, 0.2) is 10.7 Å². The fourth-order valence-electron chi connectivity index (χ4n) is 1.69. The summed E-state index contributed by atoms with van der Waals surface area (Å²) >= 11 is 3.39. The Kier molecular flexibility index (Phi) is 3.90. The molecular formula is C11H15BrN6. The van der Waals surface area contributed by atoms with Gasteiger partial charge in [-0.25, -0.2) is 14.6 Å². The second-order valence-electron chi connectivity index (χ2n) is 3.91. The first-order valence-electron chi connectivity index (χ1n) is 5.77. The van der Waals surface area contributed by atoms with Gasteiger partial charge in [0.2, 0.25) is 0 Å². The van der Waals surface area contributed by atoms with Gasteiger partial charge in [-0.15, -0.1) is 5.10 Å². The van der Waals surface area contributed by atoms with Crippen LogP contribution < -0.4 is 5.32 Å². The van der Waals surface area contributed by atoms with Crippen LogP contribution in [-0.4, -0.2) is 32.0 Å². The van der Waals surface area contributed by atoms with Gasteiger partial charge in [0, 0.05) is 26.6 Å². The molecule has 0 aliphatic rings. The predicted molar refractivity (Wildman–Crippen MR) is 73.3 cm³/mol. The summed E-state index contributed by atoms with van der Waals surface area (Å²) in [6.45, 7) is 2.11. The van der Waals surface area contributed by atoms with Gasteiger partial charge < -0.3 is 5.32 Å². The Labute approximate surface area is 114 Å². The molecule has 2 rings (SSSR count). The summed E-state index contributed by atoms with van der Waals surface area (Å²) in [5.74, 6) is 1.63. The lowest BCUT2D eigenvalue weighted by Gasteiger charge is -2.07. The van der Waals surface area contributed by atoms with E-state index in [-0.39, 0.29) is 0 Å². The molecule has 0 aliphatic heterocycles. The zero-order valence-corrected chi connectivity index (χ0v) is 12.2. The molecule has 0 radical (unpaired) electrons. The van der Waals surface area contributed by atoms with Crippen LogP contribution in [0.3, 0.4) is 0 Å². The molecule has 0 spiro atoms. The van der Waals surface area contributed by atoms with E-state index in [9.17, 15) is 0 Å². The minimum Gasteiger partial charge on any atom is -0.373 e. The van der Waals surface area contributed by atoms with Crippen molar-refractivity contribution in [1.29, 1.82) is 0 Å². The first-order chi connectivity index (χ1) is 8.65. The third-order valence-corrected chi connectivity index (χ3v) is 3.06. The van der Waals surface area contributed by atoms with E-state index >= 15 is 0 Å². The van der Waals surface area contributed by atoms with Crippen molar-refractivity contribution in [2.75, 3.05) is 12.4 Å². The fraction of sp³-hybridized carbons (Fsp3) is 0.455. The van der Waals surface area contributed by atoms with E-state index in [0.29, 0.717) is 4.60 Å².